The molecule has 2 rings (SSSR count). The van der Waals surface area contributed by atoms with Crippen molar-refractivity contribution in [1.29, 1.82) is 0 Å². The van der Waals surface area contributed by atoms with E-state index in [0.717, 1.165) is 13.8 Å². The molecule has 0 fully saturated rings. The van der Waals surface area contributed by atoms with Crippen molar-refractivity contribution < 1.29 is 62.3 Å². The molecule has 0 aromatic carbocycles. The third kappa shape index (κ3) is 9.74. The molecular weight excluding hydrogens is 592 g/mol. The summed E-state index contributed by atoms with van der Waals surface area (Å²) in [7, 11) is 0. The number of ether oxygens (including phenoxy) is 6. The summed E-state index contributed by atoms with van der Waals surface area (Å²) >= 11 is 0. The molecule has 2 aliphatic carbocycles. The highest BCUT2D eigenvalue weighted by Crippen LogP contribution is 2.51. The Bertz CT molecular complexity index is 1300. The van der Waals surface area contributed by atoms with Gasteiger partial charge >= 0.3 is 35.8 Å². The van der Waals surface area contributed by atoms with Gasteiger partial charge in [-0.1, -0.05) is 13.8 Å². The first-order valence-electron chi connectivity index (χ1n) is 14.6. The average molecular weight is 637 g/mol. The smallest absolute Gasteiger partial charge is 0.307 e. The van der Waals surface area contributed by atoms with Crippen molar-refractivity contribution in [2.45, 2.75) is 113 Å². The zero-order valence-electron chi connectivity index (χ0n) is 27.5. The number of fused-ring (bicyclic) bond motifs is 2. The molecule has 0 saturated carbocycles. The van der Waals surface area contributed by atoms with Crippen LogP contribution < -0.4 is 0 Å². The molecule has 0 amide bonds. The summed E-state index contributed by atoms with van der Waals surface area (Å²) in [6.07, 6.45) is -4.72. The number of carbonyl (C=O) groups excluding carboxylic acids is 6. The van der Waals surface area contributed by atoms with E-state index in [1.54, 1.807) is 20.8 Å². The van der Waals surface area contributed by atoms with Crippen molar-refractivity contribution >= 4 is 35.8 Å². The number of carbonyl (C=O) groups is 6. The molecule has 0 aromatic heterocycles. The van der Waals surface area contributed by atoms with Gasteiger partial charge in [0.1, 0.15) is 24.9 Å². The summed E-state index contributed by atoms with van der Waals surface area (Å²) < 4.78 is 33.8. The highest BCUT2D eigenvalue weighted by Gasteiger charge is 2.51. The van der Waals surface area contributed by atoms with Gasteiger partial charge in [0.15, 0.2) is 11.9 Å². The number of rotatable bonds is 7. The van der Waals surface area contributed by atoms with E-state index >= 15 is 0 Å². The van der Waals surface area contributed by atoms with Crippen LogP contribution in [0.25, 0.3) is 0 Å². The van der Waals surface area contributed by atoms with Gasteiger partial charge in [0.05, 0.1) is 6.10 Å². The standard InChI is InChI=1S/C32H44O13/c1-15-26(41-18(4)34)12-24-28(43-20(6)36)11-23(14-40-17(3)33)25(39)13-27(42-19(5)35)16(2)30(44-21(7)37)31(45-22(8)38)29(15)32(24,9)10/h11,24-28,31,39H,12-14H2,1-10H3/b23-11-,30-16+/t24-,25-,26-,27-,28-,31+/m0/s1. The van der Waals surface area contributed by atoms with Crippen LogP contribution in [0.1, 0.15) is 82.1 Å². The zero-order chi connectivity index (χ0) is 34.4. The first kappa shape index (κ1) is 37.2. The van der Waals surface area contributed by atoms with E-state index in [4.69, 9.17) is 28.4 Å². The summed E-state index contributed by atoms with van der Waals surface area (Å²) in [5.74, 6) is -5.00. The van der Waals surface area contributed by atoms with Gasteiger partial charge in [0.25, 0.3) is 0 Å². The highest BCUT2D eigenvalue weighted by molar-refractivity contribution is 5.71. The molecule has 13 heteroatoms. The molecule has 0 unspecified atom stereocenters. The van der Waals surface area contributed by atoms with Crippen molar-refractivity contribution in [2.75, 3.05) is 6.61 Å². The Morgan fingerprint density at radius 1 is 0.733 bits per heavy atom. The van der Waals surface area contributed by atoms with Crippen LogP contribution in [0.4, 0.5) is 0 Å². The van der Waals surface area contributed by atoms with E-state index in [-0.39, 0.29) is 36.4 Å². The lowest BCUT2D eigenvalue weighted by Crippen LogP contribution is -2.49. The average Bonchev–Trinajstić information content (AvgIpc) is 2.87. The number of aliphatic hydroxyl groups excluding tert-OH is 1. The maximum Gasteiger partial charge on any atom is 0.307 e. The Morgan fingerprint density at radius 2 is 1.24 bits per heavy atom. The van der Waals surface area contributed by atoms with Crippen LogP contribution in [-0.4, -0.2) is 78.0 Å². The van der Waals surface area contributed by atoms with Crippen LogP contribution in [0.2, 0.25) is 0 Å². The van der Waals surface area contributed by atoms with Gasteiger partial charge in [0, 0.05) is 59.5 Å². The predicted molar refractivity (Wildman–Crippen MR) is 157 cm³/mol. The first-order chi connectivity index (χ1) is 20.8. The van der Waals surface area contributed by atoms with Gasteiger partial charge in [-0.2, -0.15) is 0 Å². The fourth-order valence-corrected chi connectivity index (χ4v) is 6.02. The Morgan fingerprint density at radius 3 is 1.71 bits per heavy atom. The maximum absolute atomic E-state index is 12.6. The molecule has 250 valence electrons. The van der Waals surface area contributed by atoms with E-state index in [1.807, 2.05) is 0 Å². The van der Waals surface area contributed by atoms with Gasteiger partial charge in [0.2, 0.25) is 0 Å². The number of hydrogen-bond donors (Lipinski definition) is 1. The van der Waals surface area contributed by atoms with E-state index in [1.165, 1.54) is 40.7 Å². The fourth-order valence-electron chi connectivity index (χ4n) is 6.02. The van der Waals surface area contributed by atoms with E-state index in [9.17, 15) is 33.9 Å². The molecule has 1 N–H and O–H groups in total. The minimum atomic E-state index is -1.43. The molecule has 45 heavy (non-hydrogen) atoms. The third-order valence-electron chi connectivity index (χ3n) is 7.91. The fraction of sp³-hybridized carbons (Fsp3) is 0.625. The lowest BCUT2D eigenvalue weighted by atomic mass is 9.60. The molecule has 0 radical (unpaired) electrons. The summed E-state index contributed by atoms with van der Waals surface area (Å²) in [6.45, 7) is 13.5. The maximum atomic E-state index is 12.6. The Balaban J connectivity index is 3.15. The number of aliphatic hydroxyl groups is 1. The molecule has 6 atom stereocenters. The van der Waals surface area contributed by atoms with Crippen LogP contribution >= 0.6 is 0 Å². The summed E-state index contributed by atoms with van der Waals surface area (Å²) in [4.78, 5) is 73.8. The Labute approximate surface area is 262 Å². The normalized spacial score (nSPS) is 29.4. The van der Waals surface area contributed by atoms with Crippen molar-refractivity contribution in [3.05, 3.63) is 34.1 Å². The van der Waals surface area contributed by atoms with Crippen molar-refractivity contribution in [2.24, 2.45) is 11.3 Å². The molecule has 0 aliphatic heterocycles. The second kappa shape index (κ2) is 15.3. The second-order valence-electron chi connectivity index (χ2n) is 11.8. The van der Waals surface area contributed by atoms with E-state index in [2.05, 4.69) is 0 Å². The number of esters is 6. The summed E-state index contributed by atoms with van der Waals surface area (Å²) in [6, 6.07) is 0. The third-order valence-corrected chi connectivity index (χ3v) is 7.91. The quantitative estimate of drug-likeness (QED) is 0.245. The zero-order valence-corrected chi connectivity index (χ0v) is 27.5. The second-order valence-corrected chi connectivity index (χ2v) is 11.8. The minimum absolute atomic E-state index is 0.139. The molecule has 2 aliphatic rings. The summed E-state index contributed by atoms with van der Waals surface area (Å²) in [5.41, 5.74) is 0.140. The van der Waals surface area contributed by atoms with Gasteiger partial charge in [-0.15, -0.1) is 0 Å². The molecular formula is C32H44O13. The minimum Gasteiger partial charge on any atom is -0.461 e. The van der Waals surface area contributed by atoms with Gasteiger partial charge in [-0.3, -0.25) is 28.8 Å². The topological polar surface area (TPSA) is 178 Å². The monoisotopic (exact) mass is 636 g/mol. The van der Waals surface area contributed by atoms with Crippen LogP contribution in [-0.2, 0) is 57.2 Å². The highest BCUT2D eigenvalue weighted by atomic mass is 16.6. The Hall–Kier alpha value is -4.00. The van der Waals surface area contributed by atoms with Gasteiger partial charge < -0.3 is 33.5 Å². The lowest BCUT2D eigenvalue weighted by Gasteiger charge is -2.48. The first-order valence-corrected chi connectivity index (χ1v) is 14.6. The van der Waals surface area contributed by atoms with Crippen molar-refractivity contribution in [3.63, 3.8) is 0 Å². The largest absolute Gasteiger partial charge is 0.461 e. The molecule has 0 aromatic rings. The van der Waals surface area contributed by atoms with Crippen molar-refractivity contribution in [1.82, 2.24) is 0 Å². The van der Waals surface area contributed by atoms with Crippen LogP contribution in [0, 0.1) is 11.3 Å². The van der Waals surface area contributed by atoms with Crippen LogP contribution in [0.3, 0.4) is 0 Å². The molecule has 0 saturated heterocycles. The van der Waals surface area contributed by atoms with Gasteiger partial charge in [-0.05, 0) is 48.5 Å². The number of hydrogen-bond acceptors (Lipinski definition) is 13. The van der Waals surface area contributed by atoms with Gasteiger partial charge in [-0.25, -0.2) is 0 Å². The van der Waals surface area contributed by atoms with Crippen LogP contribution in [0.15, 0.2) is 34.1 Å². The Kier molecular flexibility index (Phi) is 12.7. The van der Waals surface area contributed by atoms with E-state index < -0.39 is 77.7 Å². The SMILES string of the molecule is CC(=O)OC/C1=C/[C@H](OC(C)=O)[C@@H]2C[C@H](OC(C)=O)C(C)=C([C@@H](OC(C)=O)/C(OC(C)=O)=C(/C)[C@@H](OC(C)=O)C[C@@H]1O)C2(C)C. The predicted octanol–water partition coefficient (Wildman–Crippen LogP) is 3.17. The van der Waals surface area contributed by atoms with Crippen molar-refractivity contribution in [3.8, 4) is 0 Å². The molecule has 0 spiro atoms. The molecule has 0 heterocycles. The molecule has 13 nitrogen and oxygen atoms in total. The van der Waals surface area contributed by atoms with E-state index in [0.29, 0.717) is 11.1 Å². The molecule has 2 bridgehead atoms. The van der Waals surface area contributed by atoms with Crippen LogP contribution in [0.5, 0.6) is 0 Å². The summed E-state index contributed by atoms with van der Waals surface area (Å²) in [5, 5.41) is 11.5. The lowest BCUT2D eigenvalue weighted by molar-refractivity contribution is -0.156.